The third kappa shape index (κ3) is 2.63. The molecule has 20 heavy (non-hydrogen) atoms. The van der Waals surface area contributed by atoms with Gasteiger partial charge in [0.25, 0.3) is 0 Å². The van der Waals surface area contributed by atoms with Crippen LogP contribution in [0.3, 0.4) is 0 Å². The number of rotatable bonds is 3. The van der Waals surface area contributed by atoms with Crippen molar-refractivity contribution in [1.29, 1.82) is 0 Å². The zero-order valence-corrected chi connectivity index (χ0v) is 12.1. The predicted octanol–water partition coefficient (Wildman–Crippen LogP) is 4.14. The van der Waals surface area contributed by atoms with Crippen LogP contribution < -0.4 is 5.32 Å². The van der Waals surface area contributed by atoms with Gasteiger partial charge >= 0.3 is 0 Å². The molecule has 0 aliphatic carbocycles. The van der Waals surface area contributed by atoms with Gasteiger partial charge in [0.05, 0.1) is 0 Å². The number of aromatic nitrogens is 2. The number of hydrogen-bond donors (Lipinski definition) is 1. The summed E-state index contributed by atoms with van der Waals surface area (Å²) in [6.45, 7) is 0.613. The van der Waals surface area contributed by atoms with Crippen molar-refractivity contribution in [2.45, 2.75) is 6.54 Å². The van der Waals surface area contributed by atoms with Gasteiger partial charge in [0.15, 0.2) is 0 Å². The summed E-state index contributed by atoms with van der Waals surface area (Å²) in [4.78, 5) is 8.16. The summed E-state index contributed by atoms with van der Waals surface area (Å²) in [5, 5.41) is 3.90. The van der Waals surface area contributed by atoms with Crippen molar-refractivity contribution < 1.29 is 4.39 Å². The summed E-state index contributed by atoms with van der Waals surface area (Å²) in [5.41, 5.74) is 1.45. The van der Waals surface area contributed by atoms with E-state index in [2.05, 4.69) is 31.2 Å². The summed E-state index contributed by atoms with van der Waals surface area (Å²) in [5.74, 6) is 0.296. The second-order valence-electron chi connectivity index (χ2n) is 4.34. The van der Waals surface area contributed by atoms with Crippen LogP contribution in [-0.4, -0.2) is 9.97 Å². The molecule has 0 saturated carbocycles. The Morgan fingerprint density at radius 1 is 1.10 bits per heavy atom. The van der Waals surface area contributed by atoms with Crippen molar-refractivity contribution in [1.82, 2.24) is 9.97 Å². The van der Waals surface area contributed by atoms with E-state index in [1.807, 2.05) is 30.3 Å². The molecule has 0 atom stereocenters. The lowest BCUT2D eigenvalue weighted by Crippen LogP contribution is -2.03. The van der Waals surface area contributed by atoms with Gasteiger partial charge < -0.3 is 5.32 Å². The van der Waals surface area contributed by atoms with Crippen molar-refractivity contribution in [3.05, 3.63) is 64.6 Å². The Morgan fingerprint density at radius 3 is 2.80 bits per heavy atom. The fourth-order valence-corrected chi connectivity index (χ4v) is 2.47. The van der Waals surface area contributed by atoms with Gasteiger partial charge in [0, 0.05) is 16.4 Å². The van der Waals surface area contributed by atoms with Crippen LogP contribution in [0.25, 0.3) is 10.9 Å². The molecule has 100 valence electrons. The molecule has 0 aliphatic rings. The molecule has 3 aromatic rings. The van der Waals surface area contributed by atoms with Crippen LogP contribution in [0.5, 0.6) is 0 Å². The van der Waals surface area contributed by atoms with Gasteiger partial charge in [-0.1, -0.05) is 34.1 Å². The highest BCUT2D eigenvalue weighted by molar-refractivity contribution is 9.10. The molecule has 0 saturated heterocycles. The number of halogens is 2. The molecule has 3 nitrogen and oxygen atoms in total. The van der Waals surface area contributed by atoms with Gasteiger partial charge in [-0.25, -0.2) is 14.4 Å². The first-order valence-corrected chi connectivity index (χ1v) is 6.91. The molecule has 0 fully saturated rings. The monoisotopic (exact) mass is 331 g/mol. The van der Waals surface area contributed by atoms with Crippen molar-refractivity contribution in [3.8, 4) is 0 Å². The molecule has 1 aromatic heterocycles. The Hall–Kier alpha value is -2.01. The quantitative estimate of drug-likeness (QED) is 0.783. The molecule has 0 unspecified atom stereocenters. The van der Waals surface area contributed by atoms with Crippen LogP contribution in [0, 0.1) is 5.82 Å². The first kappa shape index (κ1) is 13.0. The smallest absolute Gasteiger partial charge is 0.149 e. The number of nitrogens with one attached hydrogen (secondary N) is 1. The van der Waals surface area contributed by atoms with Crippen LogP contribution in [0.15, 0.2) is 53.3 Å². The summed E-state index contributed by atoms with van der Waals surface area (Å²) >= 11 is 3.43. The van der Waals surface area contributed by atoms with Crippen LogP contribution in [0.2, 0.25) is 0 Å². The predicted molar refractivity (Wildman–Crippen MR) is 81.0 cm³/mol. The maximum atomic E-state index is 13.7. The van der Waals surface area contributed by atoms with Gasteiger partial charge in [-0.15, -0.1) is 0 Å². The number of benzene rings is 2. The fraction of sp³-hybridized carbons (Fsp3) is 0.0667. The molecular formula is C15H11BrFN3. The largest absolute Gasteiger partial charge is 0.365 e. The minimum Gasteiger partial charge on any atom is -0.365 e. The third-order valence-electron chi connectivity index (χ3n) is 2.96. The number of nitrogens with zero attached hydrogens (tertiary/aromatic N) is 2. The number of hydrogen-bond acceptors (Lipinski definition) is 3. The highest BCUT2D eigenvalue weighted by Crippen LogP contribution is 2.22. The highest BCUT2D eigenvalue weighted by atomic mass is 79.9. The van der Waals surface area contributed by atoms with Crippen molar-refractivity contribution in [2.75, 3.05) is 5.32 Å². The van der Waals surface area contributed by atoms with E-state index in [0.29, 0.717) is 23.3 Å². The Morgan fingerprint density at radius 2 is 1.95 bits per heavy atom. The lowest BCUT2D eigenvalue weighted by atomic mass is 10.2. The number of para-hydroxylation sites is 1. The van der Waals surface area contributed by atoms with Gasteiger partial charge in [-0.05, 0) is 29.8 Å². The van der Waals surface area contributed by atoms with Crippen LogP contribution >= 0.6 is 15.9 Å². The fourth-order valence-electron chi connectivity index (χ4n) is 2.03. The second kappa shape index (κ2) is 5.54. The molecular weight excluding hydrogens is 321 g/mol. The standard InChI is InChI=1S/C15H11BrFN3/c16-11-4-1-3-10(7-11)8-18-15-12-5-2-6-13(17)14(12)19-9-20-15/h1-7,9H,8H2,(H,18,19,20). The summed E-state index contributed by atoms with van der Waals surface area (Å²) in [6.07, 6.45) is 1.37. The molecule has 0 bridgehead atoms. The minimum absolute atomic E-state index is 0.333. The van der Waals surface area contributed by atoms with Crippen molar-refractivity contribution in [2.24, 2.45) is 0 Å². The second-order valence-corrected chi connectivity index (χ2v) is 5.26. The molecule has 0 radical (unpaired) electrons. The SMILES string of the molecule is Fc1cccc2c(NCc3cccc(Br)c3)ncnc12. The Balaban J connectivity index is 1.90. The Bertz CT molecular complexity index is 761. The average Bonchev–Trinajstić information content (AvgIpc) is 2.46. The summed E-state index contributed by atoms with van der Waals surface area (Å²) < 4.78 is 14.7. The zero-order valence-electron chi connectivity index (χ0n) is 10.5. The average molecular weight is 332 g/mol. The van der Waals surface area contributed by atoms with E-state index in [4.69, 9.17) is 0 Å². The lowest BCUT2D eigenvalue weighted by molar-refractivity contribution is 0.636. The summed E-state index contributed by atoms with van der Waals surface area (Å²) in [7, 11) is 0. The number of anilines is 1. The molecule has 1 N–H and O–H groups in total. The van der Waals surface area contributed by atoms with Crippen LogP contribution in [0.1, 0.15) is 5.56 Å². The molecule has 3 rings (SSSR count). The minimum atomic E-state index is -0.338. The number of fused-ring (bicyclic) bond motifs is 1. The highest BCUT2D eigenvalue weighted by Gasteiger charge is 2.06. The Labute approximate surface area is 124 Å². The molecule has 1 heterocycles. The van der Waals surface area contributed by atoms with Gasteiger partial charge in [0.2, 0.25) is 0 Å². The maximum Gasteiger partial charge on any atom is 0.149 e. The molecule has 2 aromatic carbocycles. The molecule has 0 aliphatic heterocycles. The Kier molecular flexibility index (Phi) is 3.60. The molecule has 5 heteroatoms. The lowest BCUT2D eigenvalue weighted by Gasteiger charge is -2.08. The van der Waals surface area contributed by atoms with Gasteiger partial charge in [0.1, 0.15) is 23.5 Å². The first-order valence-electron chi connectivity index (χ1n) is 6.11. The third-order valence-corrected chi connectivity index (χ3v) is 3.46. The van der Waals surface area contributed by atoms with Crippen LogP contribution in [-0.2, 0) is 6.54 Å². The van der Waals surface area contributed by atoms with E-state index in [1.54, 1.807) is 6.07 Å². The van der Waals surface area contributed by atoms with E-state index in [9.17, 15) is 4.39 Å². The zero-order chi connectivity index (χ0) is 13.9. The van der Waals surface area contributed by atoms with Gasteiger partial charge in [-0.3, -0.25) is 0 Å². The van der Waals surface area contributed by atoms with Crippen molar-refractivity contribution in [3.63, 3.8) is 0 Å². The topological polar surface area (TPSA) is 37.8 Å². The van der Waals surface area contributed by atoms with E-state index in [0.717, 1.165) is 10.0 Å². The van der Waals surface area contributed by atoms with E-state index < -0.39 is 0 Å². The van der Waals surface area contributed by atoms with Crippen LogP contribution in [0.4, 0.5) is 10.2 Å². The maximum absolute atomic E-state index is 13.7. The van der Waals surface area contributed by atoms with E-state index in [1.165, 1.54) is 12.4 Å². The van der Waals surface area contributed by atoms with E-state index >= 15 is 0 Å². The van der Waals surface area contributed by atoms with Gasteiger partial charge in [-0.2, -0.15) is 0 Å². The first-order chi connectivity index (χ1) is 9.74. The summed E-state index contributed by atoms with van der Waals surface area (Å²) in [6, 6.07) is 12.8. The van der Waals surface area contributed by atoms with Crippen molar-refractivity contribution >= 4 is 32.7 Å². The van der Waals surface area contributed by atoms with E-state index in [-0.39, 0.29) is 5.82 Å². The molecule has 0 amide bonds. The molecule has 0 spiro atoms. The normalized spacial score (nSPS) is 10.7.